The summed E-state index contributed by atoms with van der Waals surface area (Å²) in [5.41, 5.74) is 9.57. The van der Waals surface area contributed by atoms with Crippen molar-refractivity contribution < 1.29 is 19.4 Å². The summed E-state index contributed by atoms with van der Waals surface area (Å²) >= 11 is 0. The molecule has 2 amide bonds. The number of aromatic nitrogens is 3. The summed E-state index contributed by atoms with van der Waals surface area (Å²) in [4.78, 5) is 20.7. The minimum absolute atomic E-state index is 0.0112. The summed E-state index contributed by atoms with van der Waals surface area (Å²) in [6.45, 7) is 8.75. The van der Waals surface area contributed by atoms with Gasteiger partial charge in [0, 0.05) is 43.2 Å². The number of carbonyl (C=O) groups excluding carboxylic acids is 1. The third-order valence-corrected chi connectivity index (χ3v) is 6.42. The fourth-order valence-electron chi connectivity index (χ4n) is 4.21. The third kappa shape index (κ3) is 5.13. The number of nitrogens with two attached hydrogens (primary N) is 1. The van der Waals surface area contributed by atoms with Crippen molar-refractivity contribution in [1.82, 2.24) is 25.0 Å². The van der Waals surface area contributed by atoms with Crippen LogP contribution >= 0.6 is 0 Å². The van der Waals surface area contributed by atoms with Crippen LogP contribution in [0.2, 0.25) is 0 Å². The number of hydrogen-bond donors (Lipinski definition) is 2. The molecule has 1 unspecified atom stereocenters. The van der Waals surface area contributed by atoms with E-state index in [2.05, 4.69) is 15.2 Å². The van der Waals surface area contributed by atoms with Gasteiger partial charge in [-0.25, -0.2) is 4.79 Å². The number of aliphatic hydroxyl groups is 1. The smallest absolute Gasteiger partial charge is 0.320 e. The van der Waals surface area contributed by atoms with Gasteiger partial charge in [-0.15, -0.1) is 10.2 Å². The van der Waals surface area contributed by atoms with E-state index in [0.29, 0.717) is 57.3 Å². The van der Waals surface area contributed by atoms with Crippen LogP contribution in [0.1, 0.15) is 36.4 Å². The lowest BCUT2D eigenvalue weighted by molar-refractivity contribution is 0.0420. The molecular weight excluding hydrogens is 436 g/mol. The number of aryl methyl sites for hydroxylation is 1. The number of hydrogen-bond acceptors (Lipinski definition) is 8. The summed E-state index contributed by atoms with van der Waals surface area (Å²) in [7, 11) is 0. The van der Waals surface area contributed by atoms with Crippen LogP contribution in [-0.4, -0.2) is 75.6 Å². The Hall–Kier alpha value is -3.24. The lowest BCUT2D eigenvalue weighted by Crippen LogP contribution is -2.49. The molecule has 4 rings (SSSR count). The summed E-state index contributed by atoms with van der Waals surface area (Å²) in [6, 6.07) is 5.64. The highest BCUT2D eigenvalue weighted by atomic mass is 16.5. The molecule has 2 aromatic rings. The highest BCUT2D eigenvalue weighted by Crippen LogP contribution is 2.29. The van der Waals surface area contributed by atoms with Crippen molar-refractivity contribution in [3.05, 3.63) is 58.2 Å². The predicted octanol–water partition coefficient (Wildman–Crippen LogP) is 2.08. The fraction of sp³-hybridized carbons (Fsp3) is 0.500. The molecule has 3 N–H and O–H groups in total. The number of aliphatic hydroxyl groups excluding tert-OH is 1. The van der Waals surface area contributed by atoms with Gasteiger partial charge in [0.25, 0.3) is 0 Å². The van der Waals surface area contributed by atoms with E-state index < -0.39 is 5.54 Å². The zero-order valence-corrected chi connectivity index (χ0v) is 20.0. The Kier molecular flexibility index (Phi) is 6.99. The average molecular weight is 469 g/mol. The van der Waals surface area contributed by atoms with E-state index in [1.54, 1.807) is 18.0 Å². The third-order valence-electron chi connectivity index (χ3n) is 6.42. The number of morpholine rings is 1. The van der Waals surface area contributed by atoms with E-state index in [0.717, 1.165) is 22.5 Å². The molecule has 4 heterocycles. The number of carbonyl (C=O) groups is 1. The number of urea groups is 1. The van der Waals surface area contributed by atoms with Gasteiger partial charge in [0.2, 0.25) is 5.88 Å². The average Bonchev–Trinajstić information content (AvgIpc) is 2.83. The zero-order chi connectivity index (χ0) is 24.3. The number of amides is 2. The lowest BCUT2D eigenvalue weighted by atomic mass is 9.85. The van der Waals surface area contributed by atoms with Gasteiger partial charge in [0.1, 0.15) is 6.61 Å². The van der Waals surface area contributed by atoms with Crippen LogP contribution < -0.4 is 10.5 Å². The van der Waals surface area contributed by atoms with Crippen molar-refractivity contribution >= 4 is 6.03 Å². The predicted molar refractivity (Wildman–Crippen MR) is 125 cm³/mol. The molecule has 0 aliphatic carbocycles. The Balaban J connectivity index is 1.42. The van der Waals surface area contributed by atoms with E-state index in [9.17, 15) is 9.90 Å². The van der Waals surface area contributed by atoms with Crippen molar-refractivity contribution in [3.8, 4) is 5.88 Å². The van der Waals surface area contributed by atoms with E-state index in [1.807, 2.05) is 36.9 Å². The monoisotopic (exact) mass is 468 g/mol. The van der Waals surface area contributed by atoms with Crippen LogP contribution in [0.5, 0.6) is 5.88 Å². The van der Waals surface area contributed by atoms with Crippen molar-refractivity contribution in [2.24, 2.45) is 5.73 Å². The van der Waals surface area contributed by atoms with Crippen molar-refractivity contribution in [2.45, 2.75) is 39.3 Å². The Morgan fingerprint density at radius 1 is 1.24 bits per heavy atom. The molecule has 34 heavy (non-hydrogen) atoms. The van der Waals surface area contributed by atoms with E-state index in [-0.39, 0.29) is 18.4 Å². The van der Waals surface area contributed by atoms with Crippen molar-refractivity contribution in [1.29, 1.82) is 0 Å². The first kappa shape index (κ1) is 23.9. The van der Waals surface area contributed by atoms with E-state index in [4.69, 9.17) is 15.2 Å². The van der Waals surface area contributed by atoms with Crippen molar-refractivity contribution in [2.75, 3.05) is 39.5 Å². The standard InChI is InChI=1S/C24H32N6O4/c1-16-4-5-19(13-26-16)24(3,25)20(17(2)31)15-34-22-12-18-6-7-30(14-21(18)27-28-22)23(32)29-8-10-33-11-9-29/h4-5,12-13,31H,6-11,14-15,25H2,1-3H3/b20-17-. The highest BCUT2D eigenvalue weighted by Gasteiger charge is 2.30. The maximum atomic E-state index is 12.8. The molecule has 2 aliphatic rings. The number of pyridine rings is 1. The lowest BCUT2D eigenvalue weighted by Gasteiger charge is -2.35. The van der Waals surface area contributed by atoms with Gasteiger partial charge in [-0.1, -0.05) is 6.07 Å². The summed E-state index contributed by atoms with van der Waals surface area (Å²) < 4.78 is 11.2. The molecule has 10 heteroatoms. The zero-order valence-electron chi connectivity index (χ0n) is 20.0. The Morgan fingerprint density at radius 3 is 2.68 bits per heavy atom. The Morgan fingerprint density at radius 2 is 2.00 bits per heavy atom. The van der Waals surface area contributed by atoms with Gasteiger partial charge in [0.05, 0.1) is 36.8 Å². The summed E-state index contributed by atoms with van der Waals surface area (Å²) in [5, 5.41) is 18.8. The van der Waals surface area contributed by atoms with Crippen LogP contribution in [0.4, 0.5) is 4.79 Å². The molecule has 0 bridgehead atoms. The van der Waals surface area contributed by atoms with Crippen LogP contribution in [0, 0.1) is 6.92 Å². The molecule has 1 fully saturated rings. The summed E-state index contributed by atoms with van der Waals surface area (Å²) in [6.07, 6.45) is 2.38. The normalized spacial score (nSPS) is 18.6. The van der Waals surface area contributed by atoms with Crippen LogP contribution in [-0.2, 0) is 23.2 Å². The quantitative estimate of drug-likeness (QED) is 0.639. The second-order valence-electron chi connectivity index (χ2n) is 8.95. The Bertz CT molecular complexity index is 1060. The molecule has 2 aromatic heterocycles. The van der Waals surface area contributed by atoms with Gasteiger partial charge in [0.15, 0.2) is 0 Å². The molecule has 10 nitrogen and oxygen atoms in total. The minimum atomic E-state index is -0.971. The van der Waals surface area contributed by atoms with Crippen LogP contribution in [0.3, 0.4) is 0 Å². The maximum Gasteiger partial charge on any atom is 0.320 e. The number of allylic oxidation sites excluding steroid dienone is 1. The molecule has 2 aliphatic heterocycles. The van der Waals surface area contributed by atoms with Gasteiger partial charge in [-0.05, 0) is 44.4 Å². The molecule has 0 aromatic carbocycles. The minimum Gasteiger partial charge on any atom is -0.512 e. The topological polar surface area (TPSA) is 127 Å². The first-order valence-corrected chi connectivity index (χ1v) is 11.5. The molecule has 0 spiro atoms. The first-order valence-electron chi connectivity index (χ1n) is 11.5. The first-order chi connectivity index (χ1) is 16.3. The number of fused-ring (bicyclic) bond motifs is 1. The van der Waals surface area contributed by atoms with Gasteiger partial charge in [-0.3, -0.25) is 4.98 Å². The van der Waals surface area contributed by atoms with Gasteiger partial charge < -0.3 is 30.1 Å². The van der Waals surface area contributed by atoms with Crippen molar-refractivity contribution in [3.63, 3.8) is 0 Å². The largest absolute Gasteiger partial charge is 0.512 e. The van der Waals surface area contributed by atoms with E-state index in [1.165, 1.54) is 0 Å². The summed E-state index contributed by atoms with van der Waals surface area (Å²) in [5.74, 6) is 0.442. The maximum absolute atomic E-state index is 12.8. The molecule has 1 saturated heterocycles. The number of nitrogens with zero attached hydrogens (tertiary/aromatic N) is 5. The van der Waals surface area contributed by atoms with Gasteiger partial charge >= 0.3 is 6.03 Å². The Labute approximate surface area is 199 Å². The van der Waals surface area contributed by atoms with Crippen LogP contribution in [0.25, 0.3) is 0 Å². The number of rotatable bonds is 5. The molecule has 0 saturated carbocycles. The van der Waals surface area contributed by atoms with Crippen LogP contribution in [0.15, 0.2) is 35.7 Å². The molecule has 182 valence electrons. The van der Waals surface area contributed by atoms with Gasteiger partial charge in [-0.2, -0.15) is 0 Å². The molecule has 1 atom stereocenters. The SMILES string of the molecule is C/C(O)=C(\COc1cc2c(nn1)CN(C(=O)N1CCOCC1)CC2)C(C)(N)c1ccc(C)nc1. The second-order valence-corrected chi connectivity index (χ2v) is 8.95. The fourth-order valence-corrected chi connectivity index (χ4v) is 4.21. The number of ether oxygens (including phenoxy) is 2. The van der Waals surface area contributed by atoms with E-state index >= 15 is 0 Å². The molecule has 0 radical (unpaired) electrons. The second kappa shape index (κ2) is 9.94. The molecular formula is C24H32N6O4. The highest BCUT2D eigenvalue weighted by molar-refractivity contribution is 5.74.